The monoisotopic (exact) mass is 634 g/mol. The lowest BCUT2D eigenvalue weighted by atomic mass is 10.1. The quantitative estimate of drug-likeness (QED) is 0.256. The lowest BCUT2D eigenvalue weighted by Gasteiger charge is -2.15. The number of carbonyl (C=O) groups is 2. The van der Waals surface area contributed by atoms with Crippen LogP contribution < -0.4 is 9.47 Å². The Labute approximate surface area is 242 Å². The minimum atomic E-state index is -1.05. The maximum Gasteiger partial charge on any atom is 0.335 e. The van der Waals surface area contributed by atoms with Crippen LogP contribution in [0.1, 0.15) is 28.4 Å². The zero-order chi connectivity index (χ0) is 27.4. The minimum absolute atomic E-state index is 0.119. The zero-order valence-corrected chi connectivity index (χ0v) is 24.1. The van der Waals surface area contributed by atoms with E-state index >= 15 is 0 Å². The fourth-order valence-corrected chi connectivity index (χ4v) is 5.51. The van der Waals surface area contributed by atoms with Crippen LogP contribution >= 0.6 is 50.9 Å². The number of benzene rings is 3. The summed E-state index contributed by atoms with van der Waals surface area (Å²) >= 11 is 17.0. The number of hydrogen-bond donors (Lipinski definition) is 1. The molecule has 38 heavy (non-hydrogen) atoms. The summed E-state index contributed by atoms with van der Waals surface area (Å²) in [5, 5.41) is 10.7. The van der Waals surface area contributed by atoms with Crippen molar-refractivity contribution in [1.29, 1.82) is 0 Å². The molecule has 1 heterocycles. The van der Waals surface area contributed by atoms with Gasteiger partial charge >= 0.3 is 5.97 Å². The summed E-state index contributed by atoms with van der Waals surface area (Å²) in [4.78, 5) is 30.6. The van der Waals surface area contributed by atoms with E-state index in [1.54, 1.807) is 49.5 Å². The molecule has 0 aromatic heterocycles. The number of rotatable bonds is 8. The standard InChI is InChI=1S/C27H21BrCl2N2O5S/c1-3-36-22-10-15(9-20(28)24(22)37-14-17-7-8-18(29)13-21(17)30)11-23-25(33)32(2)27(38-23)31-19-6-4-5-16(12-19)26(34)35/h4-13H,3,14H2,1-2H3,(H,34,35)/b23-11-,31-27?. The molecular weight excluding hydrogens is 615 g/mol. The van der Waals surface area contributed by atoms with Crippen molar-refractivity contribution in [3.63, 3.8) is 0 Å². The predicted molar refractivity (Wildman–Crippen MR) is 155 cm³/mol. The van der Waals surface area contributed by atoms with Crippen molar-refractivity contribution in [2.75, 3.05) is 13.7 Å². The molecule has 3 aromatic carbocycles. The first-order valence-corrected chi connectivity index (χ1v) is 13.7. The molecule has 0 spiro atoms. The lowest BCUT2D eigenvalue weighted by Crippen LogP contribution is -2.23. The van der Waals surface area contributed by atoms with Gasteiger partial charge in [-0.25, -0.2) is 9.79 Å². The Morgan fingerprint density at radius 1 is 1.16 bits per heavy atom. The average Bonchev–Trinajstić information content (AvgIpc) is 3.12. The molecule has 196 valence electrons. The Balaban J connectivity index is 1.59. The molecule has 4 rings (SSSR count). The fourth-order valence-electron chi connectivity index (χ4n) is 3.48. The van der Waals surface area contributed by atoms with Crippen LogP contribution in [0.15, 0.2) is 69.0 Å². The Bertz CT molecular complexity index is 1480. The topological polar surface area (TPSA) is 88.4 Å². The zero-order valence-electron chi connectivity index (χ0n) is 20.2. The SMILES string of the molecule is CCOc1cc(/C=C2\SC(=Nc3cccc(C(=O)O)c3)N(C)C2=O)cc(Br)c1OCc1ccc(Cl)cc1Cl. The third-order valence-electron chi connectivity index (χ3n) is 5.34. The summed E-state index contributed by atoms with van der Waals surface area (Å²) in [6, 6.07) is 15.1. The summed E-state index contributed by atoms with van der Waals surface area (Å²) in [5.41, 5.74) is 2.05. The van der Waals surface area contributed by atoms with Crippen LogP contribution in [-0.4, -0.2) is 40.7 Å². The van der Waals surface area contributed by atoms with Gasteiger partial charge in [0.1, 0.15) is 6.61 Å². The molecular formula is C27H21BrCl2N2O5S. The van der Waals surface area contributed by atoms with Crippen molar-refractivity contribution >= 4 is 79.7 Å². The number of amides is 1. The highest BCUT2D eigenvalue weighted by molar-refractivity contribution is 9.10. The second-order valence-corrected chi connectivity index (χ2v) is 10.7. The van der Waals surface area contributed by atoms with E-state index in [0.717, 1.165) is 11.1 Å². The van der Waals surface area contributed by atoms with Gasteiger partial charge in [-0.05, 0) is 88.7 Å². The van der Waals surface area contributed by atoms with Gasteiger partial charge in [-0.3, -0.25) is 9.69 Å². The van der Waals surface area contributed by atoms with Crippen molar-refractivity contribution in [3.05, 3.63) is 90.7 Å². The highest BCUT2D eigenvalue weighted by Crippen LogP contribution is 2.40. The molecule has 1 aliphatic heterocycles. The van der Waals surface area contributed by atoms with Crippen LogP contribution in [0.25, 0.3) is 6.08 Å². The van der Waals surface area contributed by atoms with Crippen molar-refractivity contribution < 1.29 is 24.2 Å². The summed E-state index contributed by atoms with van der Waals surface area (Å²) in [6.07, 6.45) is 1.74. The van der Waals surface area contributed by atoms with E-state index in [1.165, 1.54) is 28.8 Å². The summed E-state index contributed by atoms with van der Waals surface area (Å²) < 4.78 is 12.5. The third-order valence-corrected chi connectivity index (χ3v) is 7.57. The number of aromatic carboxylic acids is 1. The van der Waals surface area contributed by atoms with Crippen LogP contribution in [0.3, 0.4) is 0 Å². The minimum Gasteiger partial charge on any atom is -0.490 e. The number of hydrogen-bond acceptors (Lipinski definition) is 6. The summed E-state index contributed by atoms with van der Waals surface area (Å²) in [6.45, 7) is 2.48. The summed E-state index contributed by atoms with van der Waals surface area (Å²) in [5.74, 6) is -0.268. The Hall–Kier alpha value is -2.98. The average molecular weight is 636 g/mol. The number of aliphatic imine (C=N–C) groups is 1. The van der Waals surface area contributed by atoms with Crippen molar-refractivity contribution in [1.82, 2.24) is 4.90 Å². The van der Waals surface area contributed by atoms with Gasteiger partial charge in [0.2, 0.25) is 0 Å². The second-order valence-electron chi connectivity index (χ2n) is 8.01. The van der Waals surface area contributed by atoms with Crippen LogP contribution in [0.4, 0.5) is 5.69 Å². The molecule has 0 radical (unpaired) electrons. The number of likely N-dealkylation sites (N-methyl/N-ethyl adjacent to an activating group) is 1. The van der Waals surface area contributed by atoms with E-state index < -0.39 is 5.97 Å². The van der Waals surface area contributed by atoms with Crippen molar-refractivity contribution in [2.45, 2.75) is 13.5 Å². The first-order valence-electron chi connectivity index (χ1n) is 11.3. The van der Waals surface area contributed by atoms with E-state index in [-0.39, 0.29) is 18.1 Å². The molecule has 7 nitrogen and oxygen atoms in total. The van der Waals surface area contributed by atoms with Gasteiger partial charge in [0, 0.05) is 22.7 Å². The highest BCUT2D eigenvalue weighted by atomic mass is 79.9. The van der Waals surface area contributed by atoms with Gasteiger partial charge in [0.25, 0.3) is 5.91 Å². The maximum absolute atomic E-state index is 12.9. The van der Waals surface area contributed by atoms with Gasteiger partial charge in [0.15, 0.2) is 16.7 Å². The second kappa shape index (κ2) is 12.3. The number of carboxylic acids is 1. The molecule has 0 unspecified atom stereocenters. The molecule has 1 fully saturated rings. The molecule has 3 aromatic rings. The predicted octanol–water partition coefficient (Wildman–Crippen LogP) is 7.67. The van der Waals surface area contributed by atoms with Crippen LogP contribution in [0.2, 0.25) is 10.0 Å². The smallest absolute Gasteiger partial charge is 0.335 e. The number of amidine groups is 1. The molecule has 0 atom stereocenters. The van der Waals surface area contributed by atoms with Gasteiger partial charge in [-0.15, -0.1) is 0 Å². The van der Waals surface area contributed by atoms with Crippen LogP contribution in [-0.2, 0) is 11.4 Å². The molecule has 1 aliphatic rings. The van der Waals surface area contributed by atoms with Gasteiger partial charge in [-0.1, -0.05) is 35.3 Å². The highest BCUT2D eigenvalue weighted by Gasteiger charge is 2.30. The van der Waals surface area contributed by atoms with Gasteiger partial charge in [-0.2, -0.15) is 0 Å². The van der Waals surface area contributed by atoms with Crippen molar-refractivity contribution in [2.24, 2.45) is 4.99 Å². The number of ether oxygens (including phenoxy) is 2. The van der Waals surface area contributed by atoms with E-state index in [4.69, 9.17) is 32.7 Å². The first-order chi connectivity index (χ1) is 18.2. The molecule has 0 aliphatic carbocycles. The number of thioether (sulfide) groups is 1. The molecule has 1 amide bonds. The van der Waals surface area contributed by atoms with E-state index in [2.05, 4.69) is 20.9 Å². The molecule has 11 heteroatoms. The number of halogens is 3. The molecule has 1 saturated heterocycles. The van der Waals surface area contributed by atoms with Crippen LogP contribution in [0.5, 0.6) is 11.5 Å². The number of carbonyl (C=O) groups excluding carboxylic acids is 1. The number of nitrogens with zero attached hydrogens (tertiary/aromatic N) is 2. The van der Waals surface area contributed by atoms with Crippen molar-refractivity contribution in [3.8, 4) is 11.5 Å². The normalized spacial score (nSPS) is 15.4. The molecule has 0 bridgehead atoms. The van der Waals surface area contributed by atoms with Gasteiger partial charge < -0.3 is 14.6 Å². The Kier molecular flexibility index (Phi) is 9.04. The van der Waals surface area contributed by atoms with E-state index in [9.17, 15) is 14.7 Å². The Morgan fingerprint density at radius 3 is 2.66 bits per heavy atom. The molecule has 1 N–H and O–H groups in total. The number of carboxylic acid groups (broad SMARTS) is 1. The van der Waals surface area contributed by atoms with E-state index in [1.807, 2.05) is 13.0 Å². The van der Waals surface area contributed by atoms with Crippen LogP contribution in [0, 0.1) is 0 Å². The summed E-state index contributed by atoms with van der Waals surface area (Å²) in [7, 11) is 1.62. The van der Waals surface area contributed by atoms with Gasteiger partial charge in [0.05, 0.1) is 27.2 Å². The third kappa shape index (κ3) is 6.53. The van der Waals surface area contributed by atoms with E-state index in [0.29, 0.717) is 48.4 Å². The largest absolute Gasteiger partial charge is 0.490 e. The first kappa shape index (κ1) is 28.0. The lowest BCUT2D eigenvalue weighted by molar-refractivity contribution is -0.121. The molecule has 0 saturated carbocycles. The fraction of sp³-hybridized carbons (Fsp3) is 0.148. The Morgan fingerprint density at radius 2 is 1.95 bits per heavy atom. The maximum atomic E-state index is 12.9.